The van der Waals surface area contributed by atoms with Crippen molar-refractivity contribution >= 4 is 5.69 Å². The number of ether oxygens (including phenoxy) is 1. The minimum absolute atomic E-state index is 0.0346. The fraction of sp³-hybridized carbons (Fsp3) is 0.500. The Bertz CT molecular complexity index is 520. The number of rotatable bonds is 5. The molecule has 112 valence electrons. The highest BCUT2D eigenvalue weighted by Crippen LogP contribution is 2.24. The zero-order valence-corrected chi connectivity index (χ0v) is 11.5. The van der Waals surface area contributed by atoms with Gasteiger partial charge in [-0.15, -0.1) is 0 Å². The number of non-ortho nitro benzene ring substituents is 1. The predicted molar refractivity (Wildman–Crippen MR) is 74.4 cm³/mol. The Labute approximate surface area is 122 Å². The van der Waals surface area contributed by atoms with Crippen molar-refractivity contribution in [2.75, 3.05) is 32.8 Å². The first-order valence-corrected chi connectivity index (χ1v) is 6.74. The van der Waals surface area contributed by atoms with Crippen LogP contribution in [0.4, 0.5) is 5.69 Å². The quantitative estimate of drug-likeness (QED) is 0.644. The van der Waals surface area contributed by atoms with E-state index >= 15 is 0 Å². The number of nitro groups is 1. The Morgan fingerprint density at radius 1 is 1.38 bits per heavy atom. The van der Waals surface area contributed by atoms with Gasteiger partial charge in [0.2, 0.25) is 0 Å². The van der Waals surface area contributed by atoms with Crippen molar-refractivity contribution in [3.63, 3.8) is 0 Å². The van der Waals surface area contributed by atoms with E-state index in [1.54, 1.807) is 0 Å². The summed E-state index contributed by atoms with van der Waals surface area (Å²) in [5.74, 6) is -0.579. The molecule has 1 fully saturated rings. The second kappa shape index (κ2) is 7.13. The zero-order chi connectivity index (χ0) is 15.2. The number of nitro benzene ring substituents is 1. The van der Waals surface area contributed by atoms with E-state index in [-0.39, 0.29) is 5.69 Å². The van der Waals surface area contributed by atoms with Crippen molar-refractivity contribution in [2.45, 2.75) is 6.10 Å². The van der Waals surface area contributed by atoms with Crippen LogP contribution in [-0.2, 0) is 4.74 Å². The number of nitriles is 1. The molecule has 7 heteroatoms. The Hall–Kier alpha value is -2.01. The van der Waals surface area contributed by atoms with Crippen LogP contribution in [0.5, 0.6) is 0 Å². The molecule has 1 saturated heterocycles. The third-order valence-corrected chi connectivity index (χ3v) is 3.55. The lowest BCUT2D eigenvalue weighted by Crippen LogP contribution is -2.40. The normalized spacial score (nSPS) is 18.7. The van der Waals surface area contributed by atoms with Crippen molar-refractivity contribution in [1.82, 2.24) is 4.90 Å². The van der Waals surface area contributed by atoms with Gasteiger partial charge in [-0.1, -0.05) is 0 Å². The summed E-state index contributed by atoms with van der Waals surface area (Å²) in [7, 11) is 0. The topological polar surface area (TPSA) is 99.6 Å². The van der Waals surface area contributed by atoms with Crippen LogP contribution in [0, 0.1) is 27.4 Å². The molecule has 0 unspecified atom stereocenters. The highest BCUT2D eigenvalue weighted by atomic mass is 16.6. The number of hydrogen-bond acceptors (Lipinski definition) is 6. The van der Waals surface area contributed by atoms with E-state index in [2.05, 4.69) is 11.0 Å². The van der Waals surface area contributed by atoms with E-state index in [9.17, 15) is 20.5 Å². The molecule has 1 aliphatic rings. The summed E-state index contributed by atoms with van der Waals surface area (Å²) in [6.07, 6.45) is -0.960. The van der Waals surface area contributed by atoms with Crippen molar-refractivity contribution in [3.8, 4) is 6.07 Å². The van der Waals surface area contributed by atoms with Crippen LogP contribution in [0.2, 0.25) is 0 Å². The van der Waals surface area contributed by atoms with Crippen LogP contribution >= 0.6 is 0 Å². The van der Waals surface area contributed by atoms with Gasteiger partial charge in [0.05, 0.1) is 36.2 Å². The zero-order valence-electron chi connectivity index (χ0n) is 11.5. The van der Waals surface area contributed by atoms with Crippen LogP contribution in [0.15, 0.2) is 24.3 Å². The monoisotopic (exact) mass is 291 g/mol. The second-order valence-corrected chi connectivity index (χ2v) is 4.94. The van der Waals surface area contributed by atoms with Crippen LogP contribution < -0.4 is 0 Å². The molecule has 1 N–H and O–H groups in total. The smallest absolute Gasteiger partial charge is 0.269 e. The van der Waals surface area contributed by atoms with Gasteiger partial charge in [-0.25, -0.2) is 0 Å². The standard InChI is InChI=1S/C14H17N3O4/c15-9-12(10-16-5-7-21-8-6-16)14(18)11-1-3-13(4-2-11)17(19)20/h1-4,12,14,18H,5-8,10H2/t12-,14+/m0/s1. The fourth-order valence-corrected chi connectivity index (χ4v) is 2.30. The van der Waals surface area contributed by atoms with Gasteiger partial charge in [0, 0.05) is 31.8 Å². The molecular formula is C14H17N3O4. The van der Waals surface area contributed by atoms with Crippen LogP contribution in [0.25, 0.3) is 0 Å². The van der Waals surface area contributed by atoms with Gasteiger partial charge >= 0.3 is 0 Å². The lowest BCUT2D eigenvalue weighted by atomic mass is 9.96. The lowest BCUT2D eigenvalue weighted by molar-refractivity contribution is -0.384. The van der Waals surface area contributed by atoms with E-state index in [1.165, 1.54) is 24.3 Å². The van der Waals surface area contributed by atoms with E-state index in [1.807, 2.05) is 0 Å². The van der Waals surface area contributed by atoms with E-state index in [4.69, 9.17) is 4.74 Å². The SMILES string of the molecule is N#C[C@@H](CN1CCOCC1)[C@H](O)c1ccc([N+](=O)[O-])cc1. The molecule has 7 nitrogen and oxygen atoms in total. The fourth-order valence-electron chi connectivity index (χ4n) is 2.30. The predicted octanol–water partition coefficient (Wildman–Crippen LogP) is 1.10. The van der Waals surface area contributed by atoms with Gasteiger partial charge in [0.25, 0.3) is 5.69 Å². The highest BCUT2D eigenvalue weighted by molar-refractivity contribution is 5.34. The number of aliphatic hydroxyl groups excluding tert-OH is 1. The number of aliphatic hydroxyl groups is 1. The summed E-state index contributed by atoms with van der Waals surface area (Å²) >= 11 is 0. The molecule has 0 aliphatic carbocycles. The number of nitrogens with zero attached hydrogens (tertiary/aromatic N) is 3. The maximum Gasteiger partial charge on any atom is 0.269 e. The molecule has 1 aliphatic heterocycles. The molecular weight excluding hydrogens is 274 g/mol. The summed E-state index contributed by atoms with van der Waals surface area (Å²) in [5.41, 5.74) is 0.480. The summed E-state index contributed by atoms with van der Waals surface area (Å²) in [4.78, 5) is 12.2. The average Bonchev–Trinajstić information content (AvgIpc) is 2.53. The van der Waals surface area contributed by atoms with Gasteiger partial charge in [0.15, 0.2) is 0 Å². The number of benzene rings is 1. The van der Waals surface area contributed by atoms with Crippen LogP contribution in [-0.4, -0.2) is 47.8 Å². The largest absolute Gasteiger partial charge is 0.387 e. The average molecular weight is 291 g/mol. The van der Waals surface area contributed by atoms with E-state index in [0.717, 1.165) is 13.1 Å². The van der Waals surface area contributed by atoms with Gasteiger partial charge in [0.1, 0.15) is 0 Å². The maximum absolute atomic E-state index is 10.6. The van der Waals surface area contributed by atoms with Crippen molar-refractivity contribution in [1.29, 1.82) is 5.26 Å². The highest BCUT2D eigenvalue weighted by Gasteiger charge is 2.24. The number of hydrogen-bond donors (Lipinski definition) is 1. The van der Waals surface area contributed by atoms with Gasteiger partial charge in [-0.3, -0.25) is 15.0 Å². The first-order valence-electron chi connectivity index (χ1n) is 6.74. The molecule has 0 spiro atoms. The second-order valence-electron chi connectivity index (χ2n) is 4.94. The Balaban J connectivity index is 2.03. The first kappa shape index (κ1) is 15.4. The molecule has 21 heavy (non-hydrogen) atoms. The summed E-state index contributed by atoms with van der Waals surface area (Å²) in [6, 6.07) is 7.77. The molecule has 1 aromatic rings. The Morgan fingerprint density at radius 2 is 2.00 bits per heavy atom. The maximum atomic E-state index is 10.6. The van der Waals surface area contributed by atoms with Crippen molar-refractivity contribution < 1.29 is 14.8 Å². The number of morpholine rings is 1. The van der Waals surface area contributed by atoms with Crippen LogP contribution in [0.3, 0.4) is 0 Å². The molecule has 2 rings (SSSR count). The third-order valence-electron chi connectivity index (χ3n) is 3.55. The van der Waals surface area contributed by atoms with Crippen LogP contribution in [0.1, 0.15) is 11.7 Å². The third kappa shape index (κ3) is 3.98. The van der Waals surface area contributed by atoms with Gasteiger partial charge < -0.3 is 9.84 Å². The Kier molecular flexibility index (Phi) is 5.22. The molecule has 1 aromatic carbocycles. The Morgan fingerprint density at radius 3 is 2.52 bits per heavy atom. The molecule has 1 heterocycles. The molecule has 0 saturated carbocycles. The van der Waals surface area contributed by atoms with E-state index in [0.29, 0.717) is 25.3 Å². The lowest BCUT2D eigenvalue weighted by Gasteiger charge is -2.29. The first-order chi connectivity index (χ1) is 10.1. The van der Waals surface area contributed by atoms with Gasteiger partial charge in [-0.05, 0) is 17.7 Å². The van der Waals surface area contributed by atoms with Crippen molar-refractivity contribution in [3.05, 3.63) is 39.9 Å². The molecule has 0 amide bonds. The molecule has 0 aromatic heterocycles. The summed E-state index contributed by atoms with van der Waals surface area (Å²) < 4.78 is 5.24. The molecule has 0 bridgehead atoms. The van der Waals surface area contributed by atoms with Crippen molar-refractivity contribution in [2.24, 2.45) is 5.92 Å². The molecule has 0 radical (unpaired) electrons. The summed E-state index contributed by atoms with van der Waals surface area (Å²) in [5, 5.41) is 30.2. The minimum Gasteiger partial charge on any atom is -0.387 e. The van der Waals surface area contributed by atoms with Gasteiger partial charge in [-0.2, -0.15) is 5.26 Å². The minimum atomic E-state index is -0.960. The summed E-state index contributed by atoms with van der Waals surface area (Å²) in [6.45, 7) is 3.20. The van der Waals surface area contributed by atoms with E-state index < -0.39 is 16.9 Å². The molecule has 2 atom stereocenters.